The van der Waals surface area contributed by atoms with Crippen LogP contribution in [0.15, 0.2) is 11.2 Å². The van der Waals surface area contributed by atoms with Gasteiger partial charge in [-0.3, -0.25) is 9.48 Å². The lowest BCUT2D eigenvalue weighted by molar-refractivity contribution is -0.113. The van der Waals surface area contributed by atoms with Gasteiger partial charge < -0.3 is 9.88 Å². The molecule has 25 heavy (non-hydrogen) atoms. The lowest BCUT2D eigenvalue weighted by atomic mass is 9.92. The number of aryl methyl sites for hydroxylation is 2. The highest BCUT2D eigenvalue weighted by Crippen LogP contribution is 2.24. The van der Waals surface area contributed by atoms with E-state index in [0.717, 1.165) is 41.9 Å². The normalized spacial score (nSPS) is 14.9. The van der Waals surface area contributed by atoms with E-state index in [1.807, 2.05) is 13.1 Å². The average molecular weight is 363 g/mol. The summed E-state index contributed by atoms with van der Waals surface area (Å²) in [5.41, 5.74) is 0.912. The highest BCUT2D eigenvalue weighted by molar-refractivity contribution is 7.99. The Morgan fingerprint density at radius 2 is 2.08 bits per heavy atom. The summed E-state index contributed by atoms with van der Waals surface area (Å²) in [6.45, 7) is 7.26. The first-order chi connectivity index (χ1) is 11.8. The minimum Gasteiger partial charge on any atom is -0.310 e. The van der Waals surface area contributed by atoms with Crippen molar-refractivity contribution in [2.75, 3.05) is 11.1 Å². The average Bonchev–Trinajstić information content (AvgIpc) is 3.01. The summed E-state index contributed by atoms with van der Waals surface area (Å²) in [6, 6.07) is 1.94. The molecule has 0 bridgehead atoms. The van der Waals surface area contributed by atoms with Gasteiger partial charge in [-0.05, 0) is 12.8 Å². The third-order valence-electron chi connectivity index (χ3n) is 4.32. The van der Waals surface area contributed by atoms with Gasteiger partial charge in [0.1, 0.15) is 11.6 Å². The third-order valence-corrected chi connectivity index (χ3v) is 5.29. The number of amides is 1. The molecule has 2 aromatic rings. The maximum Gasteiger partial charge on any atom is 0.235 e. The highest BCUT2D eigenvalue weighted by Gasteiger charge is 2.20. The molecule has 0 unspecified atom stereocenters. The monoisotopic (exact) mass is 362 g/mol. The van der Waals surface area contributed by atoms with Gasteiger partial charge in [0.05, 0.1) is 11.4 Å². The summed E-state index contributed by atoms with van der Waals surface area (Å²) in [7, 11) is 1.84. The van der Waals surface area contributed by atoms with Gasteiger partial charge in [-0.2, -0.15) is 5.10 Å². The van der Waals surface area contributed by atoms with E-state index < -0.39 is 0 Å². The molecule has 1 aliphatic rings. The Bertz CT molecular complexity index is 758. The summed E-state index contributed by atoms with van der Waals surface area (Å²) in [5.74, 6) is 2.02. The molecule has 0 saturated heterocycles. The van der Waals surface area contributed by atoms with Crippen LogP contribution in [0.2, 0.25) is 0 Å². The Labute approximate surface area is 152 Å². The van der Waals surface area contributed by atoms with Gasteiger partial charge in [-0.15, -0.1) is 10.2 Å². The number of hydrogen-bond donors (Lipinski definition) is 1. The van der Waals surface area contributed by atoms with Crippen molar-refractivity contribution in [1.29, 1.82) is 0 Å². The van der Waals surface area contributed by atoms with Crippen molar-refractivity contribution in [1.82, 2.24) is 24.5 Å². The number of carbonyl (C=O) groups excluding carboxylic acids is 1. The molecule has 0 fully saturated rings. The molecule has 0 aromatic carbocycles. The predicted octanol–water partition coefficient (Wildman–Crippen LogP) is 2.77. The van der Waals surface area contributed by atoms with Gasteiger partial charge in [0.2, 0.25) is 5.91 Å². The summed E-state index contributed by atoms with van der Waals surface area (Å²) in [4.78, 5) is 12.3. The standard InChI is InChI=1S/C17H26N6OS/c1-17(2,3)12-10-14(22(4)21-12)18-15(24)11-25-16-20-19-13-8-6-5-7-9-23(13)16/h10H,5-9,11H2,1-4H3,(H,18,24). The molecule has 7 nitrogen and oxygen atoms in total. The fourth-order valence-corrected chi connectivity index (χ4v) is 3.61. The maximum absolute atomic E-state index is 12.3. The number of fused-ring (bicyclic) bond motifs is 1. The summed E-state index contributed by atoms with van der Waals surface area (Å²) in [5, 5.41) is 16.8. The minimum absolute atomic E-state index is 0.0470. The molecule has 1 aliphatic heterocycles. The van der Waals surface area contributed by atoms with Crippen LogP contribution in [0.3, 0.4) is 0 Å². The first kappa shape index (κ1) is 18.0. The molecule has 0 saturated carbocycles. The number of thioether (sulfide) groups is 1. The molecule has 0 spiro atoms. The molecule has 1 amide bonds. The van der Waals surface area contributed by atoms with E-state index in [4.69, 9.17) is 0 Å². The van der Waals surface area contributed by atoms with Crippen LogP contribution in [-0.2, 0) is 30.2 Å². The van der Waals surface area contributed by atoms with Gasteiger partial charge >= 0.3 is 0 Å². The molecule has 1 N–H and O–H groups in total. The third kappa shape index (κ3) is 4.23. The number of nitrogens with zero attached hydrogens (tertiary/aromatic N) is 5. The molecule has 3 heterocycles. The van der Waals surface area contributed by atoms with Crippen molar-refractivity contribution in [3.8, 4) is 0 Å². The van der Waals surface area contributed by atoms with E-state index in [9.17, 15) is 4.79 Å². The number of rotatable bonds is 4. The Balaban J connectivity index is 1.61. The van der Waals surface area contributed by atoms with E-state index in [1.54, 1.807) is 4.68 Å². The zero-order valence-corrected chi connectivity index (χ0v) is 16.2. The lowest BCUT2D eigenvalue weighted by Gasteiger charge is -2.13. The molecule has 8 heteroatoms. The quantitative estimate of drug-likeness (QED) is 0.846. The second kappa shape index (κ2) is 7.19. The van der Waals surface area contributed by atoms with E-state index in [-0.39, 0.29) is 11.3 Å². The molecule has 0 atom stereocenters. The van der Waals surface area contributed by atoms with E-state index in [2.05, 4.69) is 46.0 Å². The van der Waals surface area contributed by atoms with Crippen LogP contribution in [-0.4, -0.2) is 36.2 Å². The van der Waals surface area contributed by atoms with E-state index in [0.29, 0.717) is 5.75 Å². The Morgan fingerprint density at radius 3 is 2.80 bits per heavy atom. The topological polar surface area (TPSA) is 77.6 Å². The number of nitrogens with one attached hydrogen (secondary N) is 1. The van der Waals surface area contributed by atoms with Gasteiger partial charge in [0.15, 0.2) is 5.16 Å². The molecule has 3 rings (SSSR count). The Morgan fingerprint density at radius 1 is 1.28 bits per heavy atom. The molecule has 2 aromatic heterocycles. The zero-order valence-electron chi connectivity index (χ0n) is 15.4. The highest BCUT2D eigenvalue weighted by atomic mass is 32.2. The van der Waals surface area contributed by atoms with Gasteiger partial charge in [0, 0.05) is 31.5 Å². The number of hydrogen-bond acceptors (Lipinski definition) is 5. The van der Waals surface area contributed by atoms with Crippen molar-refractivity contribution >= 4 is 23.5 Å². The lowest BCUT2D eigenvalue weighted by Crippen LogP contribution is -2.17. The molecule has 0 aliphatic carbocycles. The van der Waals surface area contributed by atoms with Crippen LogP contribution in [0.25, 0.3) is 0 Å². The second-order valence-electron chi connectivity index (χ2n) is 7.49. The number of anilines is 1. The Kier molecular flexibility index (Phi) is 5.17. The predicted molar refractivity (Wildman–Crippen MR) is 98.8 cm³/mol. The van der Waals surface area contributed by atoms with Crippen LogP contribution in [0, 0.1) is 0 Å². The largest absolute Gasteiger partial charge is 0.310 e. The first-order valence-electron chi connectivity index (χ1n) is 8.74. The summed E-state index contributed by atoms with van der Waals surface area (Å²) < 4.78 is 3.87. The summed E-state index contributed by atoms with van der Waals surface area (Å²) >= 11 is 1.44. The molecule has 0 radical (unpaired) electrons. The molecule has 136 valence electrons. The van der Waals surface area contributed by atoms with Gasteiger partial charge in [-0.1, -0.05) is 39.0 Å². The first-order valence-corrected chi connectivity index (χ1v) is 9.72. The number of aromatic nitrogens is 5. The Hall–Kier alpha value is -1.83. The fraction of sp³-hybridized carbons (Fsp3) is 0.647. The zero-order chi connectivity index (χ0) is 18.0. The second-order valence-corrected chi connectivity index (χ2v) is 8.43. The SMILES string of the molecule is Cn1nc(C(C)(C)C)cc1NC(=O)CSc1nnc2n1CCCCC2. The van der Waals surface area contributed by atoms with Crippen LogP contribution in [0.4, 0.5) is 5.82 Å². The van der Waals surface area contributed by atoms with Crippen LogP contribution >= 0.6 is 11.8 Å². The van der Waals surface area contributed by atoms with Crippen LogP contribution < -0.4 is 5.32 Å². The molecular formula is C17H26N6OS. The number of carbonyl (C=O) groups is 1. The van der Waals surface area contributed by atoms with Crippen LogP contribution in [0.1, 0.15) is 51.6 Å². The fourth-order valence-electron chi connectivity index (χ4n) is 2.82. The maximum atomic E-state index is 12.3. The van der Waals surface area contributed by atoms with Crippen molar-refractivity contribution in [3.63, 3.8) is 0 Å². The van der Waals surface area contributed by atoms with E-state index in [1.165, 1.54) is 24.6 Å². The smallest absolute Gasteiger partial charge is 0.235 e. The van der Waals surface area contributed by atoms with Crippen LogP contribution in [0.5, 0.6) is 0 Å². The van der Waals surface area contributed by atoms with Gasteiger partial charge in [0.25, 0.3) is 0 Å². The molecular weight excluding hydrogens is 336 g/mol. The van der Waals surface area contributed by atoms with Crippen molar-refractivity contribution < 1.29 is 4.79 Å². The van der Waals surface area contributed by atoms with Crippen molar-refractivity contribution in [2.45, 2.75) is 63.6 Å². The van der Waals surface area contributed by atoms with Gasteiger partial charge in [-0.25, -0.2) is 0 Å². The summed E-state index contributed by atoms with van der Waals surface area (Å²) in [6.07, 6.45) is 4.52. The van der Waals surface area contributed by atoms with Crippen molar-refractivity contribution in [2.24, 2.45) is 7.05 Å². The van der Waals surface area contributed by atoms with E-state index >= 15 is 0 Å². The van der Waals surface area contributed by atoms with Crippen molar-refractivity contribution in [3.05, 3.63) is 17.6 Å². The minimum atomic E-state index is -0.0561.